The zero-order valence-corrected chi connectivity index (χ0v) is 10.4. The van der Waals surface area contributed by atoms with E-state index in [0.717, 1.165) is 5.56 Å². The van der Waals surface area contributed by atoms with E-state index in [1.165, 1.54) is 25.6 Å². The van der Waals surface area contributed by atoms with E-state index in [1.807, 2.05) is 0 Å². The summed E-state index contributed by atoms with van der Waals surface area (Å²) in [6.07, 6.45) is 1.37. The lowest BCUT2D eigenvalue weighted by Gasteiger charge is -2.12. The van der Waals surface area contributed by atoms with Crippen LogP contribution in [0.5, 0.6) is 5.75 Å². The molecule has 19 heavy (non-hydrogen) atoms. The fourth-order valence-electron chi connectivity index (χ4n) is 1.58. The molecular formula is C12H14FN5O. The number of nitrogen functional groups attached to an aromatic ring is 1. The summed E-state index contributed by atoms with van der Waals surface area (Å²) in [6.45, 7) is 0.484. The molecule has 0 fully saturated rings. The quantitative estimate of drug-likeness (QED) is 0.560. The Morgan fingerprint density at radius 1 is 1.21 bits per heavy atom. The number of nitrogens with one attached hydrogen (secondary N) is 2. The largest absolute Gasteiger partial charge is 0.490 e. The summed E-state index contributed by atoms with van der Waals surface area (Å²) in [4.78, 5) is 8.01. The fraction of sp³-hybridized carbons (Fsp3) is 0.167. The van der Waals surface area contributed by atoms with E-state index >= 15 is 0 Å². The summed E-state index contributed by atoms with van der Waals surface area (Å²) in [7, 11) is 1.50. The molecule has 0 atom stereocenters. The van der Waals surface area contributed by atoms with Crippen LogP contribution in [-0.2, 0) is 6.54 Å². The van der Waals surface area contributed by atoms with Crippen molar-refractivity contribution in [3.05, 3.63) is 42.0 Å². The number of aromatic nitrogens is 2. The monoisotopic (exact) mass is 263 g/mol. The normalized spacial score (nSPS) is 10.1. The number of nitrogens with two attached hydrogens (primary N) is 1. The minimum absolute atomic E-state index is 0.266. The van der Waals surface area contributed by atoms with Crippen molar-refractivity contribution in [1.82, 2.24) is 9.97 Å². The molecule has 0 unspecified atom stereocenters. The molecule has 0 radical (unpaired) electrons. The predicted octanol–water partition coefficient (Wildman–Crippen LogP) is 1.52. The Morgan fingerprint density at radius 3 is 2.53 bits per heavy atom. The smallest absolute Gasteiger partial charge is 0.205 e. The van der Waals surface area contributed by atoms with Gasteiger partial charge in [0.25, 0.3) is 0 Å². The number of halogens is 1. The van der Waals surface area contributed by atoms with Crippen LogP contribution < -0.4 is 21.3 Å². The van der Waals surface area contributed by atoms with E-state index in [4.69, 9.17) is 10.6 Å². The third kappa shape index (κ3) is 3.08. The van der Waals surface area contributed by atoms with Crippen LogP contribution in [0.4, 0.5) is 16.0 Å². The van der Waals surface area contributed by atoms with Crippen LogP contribution in [0.2, 0.25) is 0 Å². The van der Waals surface area contributed by atoms with Crippen molar-refractivity contribution in [2.45, 2.75) is 6.54 Å². The fourth-order valence-corrected chi connectivity index (χ4v) is 1.58. The molecule has 7 heteroatoms. The Bertz CT molecular complexity index is 546. The Hall–Kier alpha value is -2.41. The predicted molar refractivity (Wildman–Crippen MR) is 70.1 cm³/mol. The van der Waals surface area contributed by atoms with Gasteiger partial charge >= 0.3 is 0 Å². The van der Waals surface area contributed by atoms with Gasteiger partial charge in [0.2, 0.25) is 5.75 Å². The van der Waals surface area contributed by atoms with Crippen LogP contribution in [-0.4, -0.2) is 17.1 Å². The lowest BCUT2D eigenvalue weighted by molar-refractivity contribution is 0.414. The molecule has 0 aliphatic carbocycles. The highest BCUT2D eigenvalue weighted by atomic mass is 19.1. The van der Waals surface area contributed by atoms with Gasteiger partial charge in [-0.25, -0.2) is 20.2 Å². The van der Waals surface area contributed by atoms with Crippen molar-refractivity contribution < 1.29 is 9.13 Å². The van der Waals surface area contributed by atoms with Crippen LogP contribution in [0.25, 0.3) is 0 Å². The molecule has 4 N–H and O–H groups in total. The number of hydrogen-bond donors (Lipinski definition) is 3. The van der Waals surface area contributed by atoms with Crippen molar-refractivity contribution in [3.63, 3.8) is 0 Å². The SMILES string of the molecule is COc1c(NN)ncnc1NCc1ccc(F)cc1. The van der Waals surface area contributed by atoms with E-state index in [2.05, 4.69) is 20.7 Å². The van der Waals surface area contributed by atoms with Crippen LogP contribution in [0, 0.1) is 5.82 Å². The molecule has 1 aromatic carbocycles. The molecule has 1 heterocycles. The minimum Gasteiger partial charge on any atom is -0.490 e. The Balaban J connectivity index is 2.13. The number of methoxy groups -OCH3 is 1. The standard InChI is InChI=1S/C12H14FN5O/c1-19-10-11(16-7-17-12(10)18-14)15-6-8-2-4-9(13)5-3-8/h2-5,7H,6,14H2,1H3,(H2,15,16,17,18). The Morgan fingerprint density at radius 2 is 1.89 bits per heavy atom. The molecule has 0 aliphatic rings. The molecule has 2 rings (SSSR count). The topological polar surface area (TPSA) is 85.1 Å². The number of hydrogen-bond acceptors (Lipinski definition) is 6. The van der Waals surface area contributed by atoms with Gasteiger partial charge in [-0.2, -0.15) is 0 Å². The average Bonchev–Trinajstić information content (AvgIpc) is 2.46. The van der Waals surface area contributed by atoms with E-state index in [9.17, 15) is 4.39 Å². The second kappa shape index (κ2) is 5.96. The van der Waals surface area contributed by atoms with Crippen LogP contribution >= 0.6 is 0 Å². The first-order valence-corrected chi connectivity index (χ1v) is 5.58. The number of ether oxygens (including phenoxy) is 1. The van der Waals surface area contributed by atoms with Crippen molar-refractivity contribution in [3.8, 4) is 5.75 Å². The van der Waals surface area contributed by atoms with Crippen molar-refractivity contribution in [1.29, 1.82) is 0 Å². The Kier molecular flexibility index (Phi) is 4.09. The zero-order chi connectivity index (χ0) is 13.7. The van der Waals surface area contributed by atoms with Crippen LogP contribution in [0.3, 0.4) is 0 Å². The summed E-state index contributed by atoms with van der Waals surface area (Å²) in [6, 6.07) is 6.19. The van der Waals surface area contributed by atoms with E-state index < -0.39 is 0 Å². The van der Waals surface area contributed by atoms with Gasteiger partial charge in [-0.15, -0.1) is 0 Å². The molecule has 100 valence electrons. The zero-order valence-electron chi connectivity index (χ0n) is 10.4. The second-order valence-corrected chi connectivity index (χ2v) is 3.73. The van der Waals surface area contributed by atoms with Crippen molar-refractivity contribution in [2.75, 3.05) is 17.9 Å². The maximum absolute atomic E-state index is 12.8. The maximum atomic E-state index is 12.8. The number of rotatable bonds is 5. The number of benzene rings is 1. The van der Waals surface area contributed by atoms with Gasteiger partial charge in [-0.1, -0.05) is 12.1 Å². The molecule has 0 amide bonds. The van der Waals surface area contributed by atoms with Gasteiger partial charge in [0.15, 0.2) is 11.6 Å². The third-order valence-corrected chi connectivity index (χ3v) is 2.52. The molecule has 1 aromatic heterocycles. The van der Waals surface area contributed by atoms with E-state index in [-0.39, 0.29) is 5.82 Å². The first-order valence-electron chi connectivity index (χ1n) is 5.58. The molecule has 0 saturated heterocycles. The van der Waals surface area contributed by atoms with Gasteiger partial charge in [0, 0.05) is 6.54 Å². The van der Waals surface area contributed by atoms with Crippen molar-refractivity contribution in [2.24, 2.45) is 5.84 Å². The highest BCUT2D eigenvalue weighted by Gasteiger charge is 2.10. The van der Waals surface area contributed by atoms with Gasteiger partial charge in [0.05, 0.1) is 7.11 Å². The average molecular weight is 263 g/mol. The van der Waals surface area contributed by atoms with Crippen LogP contribution in [0.15, 0.2) is 30.6 Å². The third-order valence-electron chi connectivity index (χ3n) is 2.52. The van der Waals surface area contributed by atoms with E-state index in [1.54, 1.807) is 12.1 Å². The summed E-state index contributed by atoms with van der Waals surface area (Å²) in [5.74, 6) is 6.38. The summed E-state index contributed by atoms with van der Waals surface area (Å²) in [5, 5.41) is 3.08. The van der Waals surface area contributed by atoms with Gasteiger partial charge < -0.3 is 15.5 Å². The molecule has 0 spiro atoms. The molecule has 2 aromatic rings. The first kappa shape index (κ1) is 13.0. The number of hydrazine groups is 1. The van der Waals surface area contributed by atoms with Crippen molar-refractivity contribution >= 4 is 11.6 Å². The second-order valence-electron chi connectivity index (χ2n) is 3.73. The van der Waals surface area contributed by atoms with Gasteiger partial charge in [0.1, 0.15) is 12.1 Å². The highest BCUT2D eigenvalue weighted by molar-refractivity contribution is 5.63. The number of anilines is 2. The number of nitrogens with zero attached hydrogens (tertiary/aromatic N) is 2. The minimum atomic E-state index is -0.266. The van der Waals surface area contributed by atoms with Gasteiger partial charge in [-0.05, 0) is 17.7 Å². The summed E-state index contributed by atoms with van der Waals surface area (Å²) >= 11 is 0. The molecule has 6 nitrogen and oxygen atoms in total. The summed E-state index contributed by atoms with van der Waals surface area (Å²) in [5.41, 5.74) is 3.35. The Labute approximate surface area is 109 Å². The lowest BCUT2D eigenvalue weighted by atomic mass is 10.2. The molecule has 0 bridgehead atoms. The lowest BCUT2D eigenvalue weighted by Crippen LogP contribution is -2.12. The van der Waals surface area contributed by atoms with Crippen LogP contribution in [0.1, 0.15) is 5.56 Å². The molecular weight excluding hydrogens is 249 g/mol. The maximum Gasteiger partial charge on any atom is 0.205 e. The first-order chi connectivity index (χ1) is 9.24. The summed E-state index contributed by atoms with van der Waals surface area (Å²) < 4.78 is 18.0. The molecule has 0 aliphatic heterocycles. The molecule has 0 saturated carbocycles. The highest BCUT2D eigenvalue weighted by Crippen LogP contribution is 2.28. The van der Waals surface area contributed by atoms with E-state index in [0.29, 0.717) is 23.9 Å². The van der Waals surface area contributed by atoms with Gasteiger partial charge in [-0.3, -0.25) is 0 Å².